The molecule has 1 atom stereocenters. The average molecular weight is 285 g/mol. The molecule has 2 rings (SSSR count). The minimum Gasteiger partial charge on any atom is -0.308 e. The molecule has 1 spiro atoms. The van der Waals surface area contributed by atoms with Crippen molar-refractivity contribution in [2.24, 2.45) is 0 Å². The fraction of sp³-hybridized carbons (Fsp3) is 1.00. The predicted octanol–water partition coefficient (Wildman–Crippen LogP) is 3.52. The second-order valence-electron chi connectivity index (χ2n) is 6.81. The monoisotopic (exact) mass is 284 g/mol. The Kier molecular flexibility index (Phi) is 5.62. The van der Waals surface area contributed by atoms with Crippen molar-refractivity contribution < 1.29 is 0 Å². The molecule has 0 aromatic rings. The van der Waals surface area contributed by atoms with Gasteiger partial charge in [0, 0.05) is 24.2 Å². The zero-order valence-corrected chi connectivity index (χ0v) is 14.0. The van der Waals surface area contributed by atoms with E-state index in [0.717, 1.165) is 0 Å². The summed E-state index contributed by atoms with van der Waals surface area (Å²) in [6.45, 7) is 8.56. The van der Waals surface area contributed by atoms with Gasteiger partial charge in [-0.1, -0.05) is 26.2 Å². The summed E-state index contributed by atoms with van der Waals surface area (Å²) in [5.41, 5.74) is 0.827. The molecule has 2 aliphatic rings. The zero-order chi connectivity index (χ0) is 13.8. The van der Waals surface area contributed by atoms with Crippen molar-refractivity contribution in [2.75, 3.05) is 31.6 Å². The first-order valence-corrected chi connectivity index (χ1v) is 9.53. The van der Waals surface area contributed by atoms with Gasteiger partial charge in [-0.05, 0) is 51.2 Å². The number of hydrogen-bond acceptors (Lipinski definition) is 3. The summed E-state index contributed by atoms with van der Waals surface area (Å²) in [6, 6.07) is 0. The van der Waals surface area contributed by atoms with E-state index in [4.69, 9.17) is 0 Å². The van der Waals surface area contributed by atoms with Crippen LogP contribution in [0.4, 0.5) is 0 Å². The smallest absolute Gasteiger partial charge is 0.0309 e. The van der Waals surface area contributed by atoms with Gasteiger partial charge in [-0.2, -0.15) is 11.8 Å². The predicted molar refractivity (Wildman–Crippen MR) is 87.1 cm³/mol. The highest BCUT2D eigenvalue weighted by molar-refractivity contribution is 7.98. The van der Waals surface area contributed by atoms with Crippen LogP contribution in [-0.4, -0.2) is 47.6 Å². The third-order valence-corrected chi connectivity index (χ3v) is 6.15. The Morgan fingerprint density at radius 2 is 1.95 bits per heavy atom. The van der Waals surface area contributed by atoms with Crippen molar-refractivity contribution in [3.63, 3.8) is 0 Å². The first-order valence-electron chi connectivity index (χ1n) is 8.13. The Bertz CT molecular complexity index is 276. The largest absolute Gasteiger partial charge is 0.308 e. The van der Waals surface area contributed by atoms with Gasteiger partial charge >= 0.3 is 0 Å². The van der Waals surface area contributed by atoms with Crippen LogP contribution in [0.1, 0.15) is 58.8 Å². The first-order chi connectivity index (χ1) is 9.14. The van der Waals surface area contributed by atoms with E-state index in [0.29, 0.717) is 11.1 Å². The highest BCUT2D eigenvalue weighted by atomic mass is 32.2. The van der Waals surface area contributed by atoms with Crippen molar-refractivity contribution in [2.45, 2.75) is 69.9 Å². The van der Waals surface area contributed by atoms with E-state index in [1.807, 2.05) is 11.8 Å². The topological polar surface area (TPSA) is 15.3 Å². The van der Waals surface area contributed by atoms with Crippen LogP contribution in [0.5, 0.6) is 0 Å². The molecule has 0 radical (unpaired) electrons. The second kappa shape index (κ2) is 6.82. The third kappa shape index (κ3) is 3.68. The molecule has 0 amide bonds. The molecule has 2 nitrogen and oxygen atoms in total. The minimum absolute atomic E-state index is 0.376. The summed E-state index contributed by atoms with van der Waals surface area (Å²) < 4.78 is 0. The lowest BCUT2D eigenvalue weighted by molar-refractivity contribution is -0.00104. The molecule has 1 unspecified atom stereocenters. The number of nitrogens with one attached hydrogen (secondary N) is 1. The molecule has 1 saturated heterocycles. The highest BCUT2D eigenvalue weighted by Crippen LogP contribution is 2.35. The summed E-state index contributed by atoms with van der Waals surface area (Å²) in [5.74, 6) is 1.30. The van der Waals surface area contributed by atoms with Crippen LogP contribution in [0.25, 0.3) is 0 Å². The SMILES string of the molecule is CCC1(C)CNC2(CCCCC2)CN1CCCSC. The molecule has 3 heteroatoms. The van der Waals surface area contributed by atoms with Gasteiger partial charge in [-0.3, -0.25) is 4.90 Å². The minimum atomic E-state index is 0.376. The Balaban J connectivity index is 1.99. The van der Waals surface area contributed by atoms with Crippen molar-refractivity contribution >= 4 is 11.8 Å². The van der Waals surface area contributed by atoms with Gasteiger partial charge in [0.25, 0.3) is 0 Å². The van der Waals surface area contributed by atoms with E-state index in [1.54, 1.807) is 0 Å². The molecule has 2 fully saturated rings. The lowest BCUT2D eigenvalue weighted by Gasteiger charge is -2.54. The Morgan fingerprint density at radius 1 is 1.21 bits per heavy atom. The van der Waals surface area contributed by atoms with Gasteiger partial charge < -0.3 is 5.32 Å². The van der Waals surface area contributed by atoms with Crippen LogP contribution in [0.15, 0.2) is 0 Å². The van der Waals surface area contributed by atoms with Crippen molar-refractivity contribution in [3.05, 3.63) is 0 Å². The molecule has 0 aromatic carbocycles. The second-order valence-corrected chi connectivity index (χ2v) is 7.80. The Labute approximate surface area is 124 Å². The average Bonchev–Trinajstić information content (AvgIpc) is 2.44. The van der Waals surface area contributed by atoms with E-state index in [1.165, 1.54) is 70.3 Å². The Hall–Kier alpha value is 0.270. The number of nitrogens with zero attached hydrogens (tertiary/aromatic N) is 1. The van der Waals surface area contributed by atoms with Crippen LogP contribution >= 0.6 is 11.8 Å². The van der Waals surface area contributed by atoms with Gasteiger partial charge in [0.1, 0.15) is 0 Å². The molecule has 0 bridgehead atoms. The van der Waals surface area contributed by atoms with Crippen molar-refractivity contribution in [3.8, 4) is 0 Å². The molecule has 1 N–H and O–H groups in total. The van der Waals surface area contributed by atoms with Gasteiger partial charge in [0.05, 0.1) is 0 Å². The molecule has 1 saturated carbocycles. The maximum absolute atomic E-state index is 3.95. The van der Waals surface area contributed by atoms with Crippen molar-refractivity contribution in [1.82, 2.24) is 10.2 Å². The van der Waals surface area contributed by atoms with E-state index in [-0.39, 0.29) is 0 Å². The van der Waals surface area contributed by atoms with Crippen LogP contribution in [0, 0.1) is 0 Å². The Morgan fingerprint density at radius 3 is 2.58 bits per heavy atom. The van der Waals surface area contributed by atoms with Crippen LogP contribution in [-0.2, 0) is 0 Å². The molecule has 1 aliphatic heterocycles. The normalized spacial score (nSPS) is 31.7. The summed E-state index contributed by atoms with van der Waals surface area (Å²) in [6.07, 6.45) is 11.9. The number of piperazine rings is 1. The van der Waals surface area contributed by atoms with Crippen molar-refractivity contribution in [1.29, 1.82) is 0 Å². The molecule has 0 aromatic heterocycles. The third-order valence-electron chi connectivity index (χ3n) is 5.45. The van der Waals surface area contributed by atoms with Crippen LogP contribution in [0.3, 0.4) is 0 Å². The van der Waals surface area contributed by atoms with E-state index < -0.39 is 0 Å². The fourth-order valence-electron chi connectivity index (χ4n) is 3.76. The number of hydrogen-bond donors (Lipinski definition) is 1. The summed E-state index contributed by atoms with van der Waals surface area (Å²) >= 11 is 1.98. The molecule has 19 heavy (non-hydrogen) atoms. The molecule has 1 heterocycles. The molecular formula is C16H32N2S. The molecule has 112 valence electrons. The van der Waals surface area contributed by atoms with Gasteiger partial charge in [-0.15, -0.1) is 0 Å². The number of thioether (sulfide) groups is 1. The summed E-state index contributed by atoms with van der Waals surface area (Å²) in [4.78, 5) is 2.81. The lowest BCUT2D eigenvalue weighted by atomic mass is 9.77. The lowest BCUT2D eigenvalue weighted by Crippen LogP contribution is -2.69. The highest BCUT2D eigenvalue weighted by Gasteiger charge is 2.43. The summed E-state index contributed by atoms with van der Waals surface area (Å²) in [7, 11) is 0. The summed E-state index contributed by atoms with van der Waals surface area (Å²) in [5, 5.41) is 3.95. The number of rotatable bonds is 5. The maximum Gasteiger partial charge on any atom is 0.0309 e. The van der Waals surface area contributed by atoms with E-state index >= 15 is 0 Å². The standard InChI is InChI=1S/C16H32N2S/c1-4-15(2)13-17-16(9-6-5-7-10-16)14-18(15)11-8-12-19-3/h17H,4-14H2,1-3H3. The first kappa shape index (κ1) is 15.7. The van der Waals surface area contributed by atoms with Gasteiger partial charge in [0.2, 0.25) is 0 Å². The molecular weight excluding hydrogens is 252 g/mol. The van der Waals surface area contributed by atoms with Gasteiger partial charge in [-0.25, -0.2) is 0 Å². The van der Waals surface area contributed by atoms with E-state index in [9.17, 15) is 0 Å². The van der Waals surface area contributed by atoms with E-state index in [2.05, 4.69) is 30.3 Å². The molecule has 1 aliphatic carbocycles. The fourth-order valence-corrected chi connectivity index (χ4v) is 4.18. The van der Waals surface area contributed by atoms with Crippen LogP contribution < -0.4 is 5.32 Å². The zero-order valence-electron chi connectivity index (χ0n) is 13.1. The van der Waals surface area contributed by atoms with Crippen LogP contribution in [0.2, 0.25) is 0 Å². The maximum atomic E-state index is 3.95. The quantitative estimate of drug-likeness (QED) is 0.778. The van der Waals surface area contributed by atoms with Gasteiger partial charge in [0.15, 0.2) is 0 Å².